The van der Waals surface area contributed by atoms with Crippen molar-refractivity contribution in [1.29, 1.82) is 10.5 Å². The SMILES string of the molecule is CS(=O)(=O)c1ccc(-n2nc(-c3ccc(C#N)cc3)cc2-c2ccc(C#N)cc2)cc1. The first-order valence-electron chi connectivity index (χ1n) is 9.31. The van der Waals surface area contributed by atoms with Crippen LogP contribution in [0.4, 0.5) is 0 Å². The van der Waals surface area contributed by atoms with Crippen LogP contribution in [0.5, 0.6) is 0 Å². The number of nitriles is 2. The van der Waals surface area contributed by atoms with E-state index in [1.807, 2.05) is 30.3 Å². The van der Waals surface area contributed by atoms with Crippen molar-refractivity contribution in [2.45, 2.75) is 4.90 Å². The van der Waals surface area contributed by atoms with Crippen molar-refractivity contribution >= 4 is 9.84 Å². The summed E-state index contributed by atoms with van der Waals surface area (Å²) in [6.07, 6.45) is 1.17. The van der Waals surface area contributed by atoms with Crippen molar-refractivity contribution in [2.24, 2.45) is 0 Å². The summed E-state index contributed by atoms with van der Waals surface area (Å²) in [6, 6.07) is 27.0. The third-order valence-corrected chi connectivity index (χ3v) is 5.97. The van der Waals surface area contributed by atoms with Crippen LogP contribution in [0, 0.1) is 22.7 Å². The van der Waals surface area contributed by atoms with Crippen molar-refractivity contribution < 1.29 is 8.42 Å². The summed E-state index contributed by atoms with van der Waals surface area (Å²) >= 11 is 0. The molecular formula is C24H16N4O2S. The van der Waals surface area contributed by atoms with E-state index in [2.05, 4.69) is 12.1 Å². The number of benzene rings is 3. The van der Waals surface area contributed by atoms with Crippen LogP contribution in [-0.4, -0.2) is 24.5 Å². The molecule has 0 radical (unpaired) electrons. The van der Waals surface area contributed by atoms with E-state index in [1.54, 1.807) is 53.2 Å². The minimum absolute atomic E-state index is 0.232. The van der Waals surface area contributed by atoms with E-state index in [0.717, 1.165) is 16.8 Å². The Morgan fingerprint density at radius 1 is 0.774 bits per heavy atom. The molecule has 150 valence electrons. The van der Waals surface area contributed by atoms with Gasteiger partial charge in [-0.25, -0.2) is 13.1 Å². The van der Waals surface area contributed by atoms with E-state index < -0.39 is 9.84 Å². The van der Waals surface area contributed by atoms with Gasteiger partial charge in [0, 0.05) is 17.4 Å². The molecule has 0 aliphatic rings. The third kappa shape index (κ3) is 4.09. The second kappa shape index (κ2) is 7.91. The van der Waals surface area contributed by atoms with Crippen molar-refractivity contribution in [2.75, 3.05) is 6.26 Å². The van der Waals surface area contributed by atoms with Gasteiger partial charge in [-0.15, -0.1) is 0 Å². The smallest absolute Gasteiger partial charge is 0.175 e. The Bertz CT molecular complexity index is 1440. The molecule has 0 aliphatic carbocycles. The maximum absolute atomic E-state index is 11.8. The summed E-state index contributed by atoms with van der Waals surface area (Å²) in [5.41, 5.74) is 5.02. The average molecular weight is 424 g/mol. The lowest BCUT2D eigenvalue weighted by Crippen LogP contribution is -2.01. The Hall–Kier alpha value is -4.20. The van der Waals surface area contributed by atoms with Crippen molar-refractivity contribution in [3.05, 3.63) is 90.0 Å². The van der Waals surface area contributed by atoms with Gasteiger partial charge in [0.15, 0.2) is 9.84 Å². The summed E-state index contributed by atoms with van der Waals surface area (Å²) in [5.74, 6) is 0. The fraction of sp³-hybridized carbons (Fsp3) is 0.0417. The standard InChI is InChI=1S/C24H16N4O2S/c1-31(29,30)22-12-10-21(11-13-22)28-24(20-8-4-18(16-26)5-9-20)14-23(27-28)19-6-2-17(15-25)3-7-19/h2-14H,1H3. The molecule has 1 aromatic heterocycles. The lowest BCUT2D eigenvalue weighted by Gasteiger charge is -2.08. The minimum Gasteiger partial charge on any atom is -0.232 e. The van der Waals surface area contributed by atoms with Crippen LogP contribution < -0.4 is 0 Å². The number of nitrogens with zero attached hydrogens (tertiary/aromatic N) is 4. The summed E-state index contributed by atoms with van der Waals surface area (Å²) in [6.45, 7) is 0. The van der Waals surface area contributed by atoms with Crippen LogP contribution in [0.1, 0.15) is 11.1 Å². The predicted octanol–water partition coefficient (Wildman–Crippen LogP) is 4.35. The quantitative estimate of drug-likeness (QED) is 0.485. The molecule has 0 unspecified atom stereocenters. The highest BCUT2D eigenvalue weighted by molar-refractivity contribution is 7.90. The van der Waals surface area contributed by atoms with Gasteiger partial charge in [-0.2, -0.15) is 15.6 Å². The lowest BCUT2D eigenvalue weighted by atomic mass is 10.1. The highest BCUT2D eigenvalue weighted by atomic mass is 32.2. The van der Waals surface area contributed by atoms with E-state index in [9.17, 15) is 8.42 Å². The van der Waals surface area contributed by atoms with Gasteiger partial charge in [0.1, 0.15) is 0 Å². The van der Waals surface area contributed by atoms with Gasteiger partial charge >= 0.3 is 0 Å². The van der Waals surface area contributed by atoms with Crippen molar-refractivity contribution in [3.8, 4) is 40.3 Å². The highest BCUT2D eigenvalue weighted by Gasteiger charge is 2.15. The van der Waals surface area contributed by atoms with Crippen LogP contribution in [0.25, 0.3) is 28.2 Å². The lowest BCUT2D eigenvalue weighted by molar-refractivity contribution is 0.602. The van der Waals surface area contributed by atoms with Gasteiger partial charge in [-0.05, 0) is 54.6 Å². The Labute approximate surface area is 180 Å². The molecule has 0 saturated carbocycles. The molecule has 0 atom stereocenters. The Balaban J connectivity index is 1.86. The molecule has 3 aromatic carbocycles. The van der Waals surface area contributed by atoms with Crippen molar-refractivity contribution in [1.82, 2.24) is 9.78 Å². The Kier molecular flexibility index (Phi) is 5.12. The van der Waals surface area contributed by atoms with Gasteiger partial charge < -0.3 is 0 Å². The molecule has 6 nitrogen and oxygen atoms in total. The Morgan fingerprint density at radius 2 is 1.29 bits per heavy atom. The number of aromatic nitrogens is 2. The zero-order chi connectivity index (χ0) is 22.0. The van der Waals surface area contributed by atoms with E-state index in [-0.39, 0.29) is 4.90 Å². The zero-order valence-corrected chi connectivity index (χ0v) is 17.3. The third-order valence-electron chi connectivity index (χ3n) is 4.84. The fourth-order valence-electron chi connectivity index (χ4n) is 3.19. The van der Waals surface area contributed by atoms with Crippen LogP contribution in [0.15, 0.2) is 83.8 Å². The summed E-state index contributed by atoms with van der Waals surface area (Å²) in [5, 5.41) is 22.8. The van der Waals surface area contributed by atoms with E-state index in [1.165, 1.54) is 6.26 Å². The number of hydrogen-bond acceptors (Lipinski definition) is 5. The monoisotopic (exact) mass is 424 g/mol. The second-order valence-electron chi connectivity index (χ2n) is 6.97. The van der Waals surface area contributed by atoms with Gasteiger partial charge in [-0.3, -0.25) is 0 Å². The highest BCUT2D eigenvalue weighted by Crippen LogP contribution is 2.29. The zero-order valence-electron chi connectivity index (χ0n) is 16.5. The number of rotatable bonds is 4. The van der Waals surface area contributed by atoms with E-state index >= 15 is 0 Å². The minimum atomic E-state index is -3.30. The average Bonchev–Trinajstić information content (AvgIpc) is 3.24. The topological polar surface area (TPSA) is 99.5 Å². The maximum Gasteiger partial charge on any atom is 0.175 e. The molecule has 4 rings (SSSR count). The van der Waals surface area contributed by atoms with Gasteiger partial charge in [-0.1, -0.05) is 24.3 Å². The molecule has 0 saturated heterocycles. The van der Waals surface area contributed by atoms with Crippen LogP contribution in [-0.2, 0) is 9.84 Å². The number of sulfone groups is 1. The molecule has 0 spiro atoms. The molecular weight excluding hydrogens is 408 g/mol. The first-order valence-corrected chi connectivity index (χ1v) is 11.2. The van der Waals surface area contributed by atoms with Gasteiger partial charge in [0.25, 0.3) is 0 Å². The van der Waals surface area contributed by atoms with E-state index in [0.29, 0.717) is 22.5 Å². The normalized spacial score (nSPS) is 10.9. The molecule has 31 heavy (non-hydrogen) atoms. The first-order chi connectivity index (χ1) is 14.9. The van der Waals surface area contributed by atoms with Crippen molar-refractivity contribution in [3.63, 3.8) is 0 Å². The van der Waals surface area contributed by atoms with Crippen LogP contribution >= 0.6 is 0 Å². The largest absolute Gasteiger partial charge is 0.232 e. The first kappa shape index (κ1) is 20.1. The number of hydrogen-bond donors (Lipinski definition) is 0. The van der Waals surface area contributed by atoms with Gasteiger partial charge in [0.2, 0.25) is 0 Å². The molecule has 4 aromatic rings. The molecule has 1 heterocycles. The fourth-order valence-corrected chi connectivity index (χ4v) is 3.82. The van der Waals surface area contributed by atoms with Gasteiger partial charge in [0.05, 0.1) is 45.2 Å². The van der Waals surface area contributed by atoms with E-state index in [4.69, 9.17) is 15.6 Å². The summed E-state index contributed by atoms with van der Waals surface area (Å²) < 4.78 is 25.3. The molecule has 0 bridgehead atoms. The van der Waals surface area contributed by atoms with Crippen LogP contribution in [0.3, 0.4) is 0 Å². The van der Waals surface area contributed by atoms with Crippen LogP contribution in [0.2, 0.25) is 0 Å². The summed E-state index contributed by atoms with van der Waals surface area (Å²) in [7, 11) is -3.30. The summed E-state index contributed by atoms with van der Waals surface area (Å²) in [4.78, 5) is 0.232. The second-order valence-corrected chi connectivity index (χ2v) is 8.99. The molecule has 0 fully saturated rings. The molecule has 0 N–H and O–H groups in total. The molecule has 0 aliphatic heterocycles. The molecule has 0 amide bonds. The molecule has 7 heteroatoms. The Morgan fingerprint density at radius 3 is 1.77 bits per heavy atom. The predicted molar refractivity (Wildman–Crippen MR) is 117 cm³/mol. The maximum atomic E-state index is 11.8.